The van der Waals surface area contributed by atoms with Crippen molar-refractivity contribution >= 4 is 49.0 Å². The van der Waals surface area contributed by atoms with Crippen molar-refractivity contribution in [2.75, 3.05) is 18.0 Å². The lowest BCUT2D eigenvalue weighted by Gasteiger charge is -2.57. The van der Waals surface area contributed by atoms with Gasteiger partial charge >= 0.3 is 5.97 Å². The Morgan fingerprint density at radius 3 is 2.82 bits per heavy atom. The van der Waals surface area contributed by atoms with Crippen molar-refractivity contribution in [2.45, 2.75) is 50.9 Å². The lowest BCUT2D eigenvalue weighted by atomic mass is 9.81. The van der Waals surface area contributed by atoms with E-state index in [1.807, 2.05) is 6.92 Å². The first kappa shape index (κ1) is 19.5. The summed E-state index contributed by atoms with van der Waals surface area (Å²) in [5.41, 5.74) is 2.19. The van der Waals surface area contributed by atoms with Crippen LogP contribution in [-0.2, 0) is 17.8 Å². The number of carboxylic acid groups (broad SMARTS) is 1. The molecule has 28 heavy (non-hydrogen) atoms. The van der Waals surface area contributed by atoms with Gasteiger partial charge in [0.05, 0.1) is 15.9 Å². The van der Waals surface area contributed by atoms with E-state index in [0.29, 0.717) is 40.3 Å². The number of aliphatic carboxylic acids is 1. The van der Waals surface area contributed by atoms with Crippen LogP contribution in [0, 0.1) is 6.92 Å². The van der Waals surface area contributed by atoms with Gasteiger partial charge in [-0.2, -0.15) is 0 Å². The number of piperazine rings is 1. The first-order valence-corrected chi connectivity index (χ1v) is 10.6. The lowest BCUT2D eigenvalue weighted by Crippen LogP contribution is -2.73. The van der Waals surface area contributed by atoms with E-state index in [0.717, 1.165) is 19.4 Å². The molecule has 2 fully saturated rings. The van der Waals surface area contributed by atoms with Gasteiger partial charge in [0, 0.05) is 30.0 Å². The Morgan fingerprint density at radius 1 is 1.46 bits per heavy atom. The molecule has 147 valence electrons. The van der Waals surface area contributed by atoms with E-state index < -0.39 is 5.97 Å². The fourth-order valence-electron chi connectivity index (χ4n) is 4.30. The number of fused-ring (bicyclic) bond motifs is 2. The van der Waals surface area contributed by atoms with Crippen LogP contribution in [0.1, 0.15) is 31.2 Å². The molecular weight excluding hydrogens is 442 g/mol. The Morgan fingerprint density at radius 2 is 2.21 bits per heavy atom. The van der Waals surface area contributed by atoms with E-state index >= 15 is 0 Å². The van der Waals surface area contributed by atoms with Crippen LogP contribution < -0.4 is 15.6 Å². The number of aromatic nitrogens is 3. The van der Waals surface area contributed by atoms with Gasteiger partial charge < -0.3 is 19.9 Å². The molecule has 8 nitrogen and oxygen atoms in total. The summed E-state index contributed by atoms with van der Waals surface area (Å²) in [7, 11) is 3.85. The number of hydrogen-bond donors (Lipinski definition) is 2. The van der Waals surface area contributed by atoms with E-state index in [1.54, 1.807) is 11.5 Å². The predicted molar refractivity (Wildman–Crippen MR) is 110 cm³/mol. The van der Waals surface area contributed by atoms with Gasteiger partial charge in [-0.3, -0.25) is 9.59 Å². The zero-order valence-corrected chi connectivity index (χ0v) is 18.3. The zero-order valence-electron chi connectivity index (χ0n) is 15.8. The molecule has 2 aromatic heterocycles. The fraction of sp³-hybridized carbons (Fsp3) is 0.556. The maximum atomic E-state index is 13.5. The summed E-state index contributed by atoms with van der Waals surface area (Å²) in [6.07, 6.45) is 2.46. The van der Waals surface area contributed by atoms with E-state index in [-0.39, 0.29) is 28.7 Å². The van der Waals surface area contributed by atoms with Gasteiger partial charge in [0.2, 0.25) is 5.43 Å². The van der Waals surface area contributed by atoms with Crippen molar-refractivity contribution in [1.29, 1.82) is 0 Å². The first-order valence-electron chi connectivity index (χ1n) is 9.34. The van der Waals surface area contributed by atoms with Gasteiger partial charge in [0.15, 0.2) is 11.2 Å². The predicted octanol–water partition coefficient (Wildman–Crippen LogP) is 0.946. The molecule has 1 aliphatic carbocycles. The van der Waals surface area contributed by atoms with Crippen molar-refractivity contribution < 1.29 is 9.90 Å². The highest BCUT2D eigenvalue weighted by atomic mass is 79.9. The Balaban J connectivity index is 2.03. The van der Waals surface area contributed by atoms with E-state index in [2.05, 4.69) is 46.4 Å². The Labute approximate surface area is 173 Å². The maximum absolute atomic E-state index is 13.5. The number of carbonyl (C=O) groups is 1. The smallest absolute Gasteiger partial charge is 0.323 e. The van der Waals surface area contributed by atoms with E-state index in [9.17, 15) is 14.7 Å². The van der Waals surface area contributed by atoms with Crippen molar-refractivity contribution in [3.63, 3.8) is 0 Å². The molecule has 2 aliphatic rings. The summed E-state index contributed by atoms with van der Waals surface area (Å²) in [6, 6.07) is 0.133. The van der Waals surface area contributed by atoms with Crippen LogP contribution >= 0.6 is 15.9 Å². The van der Waals surface area contributed by atoms with Crippen molar-refractivity contribution in [2.24, 2.45) is 0 Å². The molecule has 4 rings (SSSR count). The monoisotopic (exact) mass is 462 g/mol. The minimum absolute atomic E-state index is 0.133. The van der Waals surface area contributed by atoms with E-state index in [1.165, 1.54) is 0 Å². The molecule has 0 aromatic carbocycles. The molecule has 0 bridgehead atoms. The molecule has 2 atom stereocenters. The standard InChI is InChI=1S/C18H21BrN5O3Si/c1-3-10-14(23-7-6-20-18(28)5-4-11(18)23)15(27)13-17(24(10)8-12(25)26)21-9(2)16(19)22-13/h11,20H,3-8H2,1-2H3,(H,25,26)/t11-,18+/m0/s1. The molecule has 2 N–H and O–H groups in total. The Kier molecular flexibility index (Phi) is 4.83. The average molecular weight is 463 g/mol. The van der Waals surface area contributed by atoms with Crippen LogP contribution in [0.4, 0.5) is 5.69 Å². The van der Waals surface area contributed by atoms with Gasteiger partial charge in [-0.1, -0.05) is 6.92 Å². The second kappa shape index (κ2) is 6.92. The number of halogens is 1. The van der Waals surface area contributed by atoms with E-state index in [4.69, 9.17) is 0 Å². The second-order valence-electron chi connectivity index (χ2n) is 7.38. The lowest BCUT2D eigenvalue weighted by molar-refractivity contribution is -0.137. The molecule has 3 heterocycles. The molecular formula is C18H21BrN5O3Si. The van der Waals surface area contributed by atoms with Gasteiger partial charge in [0.1, 0.15) is 16.8 Å². The van der Waals surface area contributed by atoms with Crippen LogP contribution in [0.2, 0.25) is 0 Å². The van der Waals surface area contributed by atoms with Gasteiger partial charge in [0.25, 0.3) is 0 Å². The number of carboxylic acids is 1. The molecule has 1 saturated heterocycles. The van der Waals surface area contributed by atoms with Crippen LogP contribution in [0.5, 0.6) is 0 Å². The molecule has 2 aromatic rings. The molecule has 1 aliphatic heterocycles. The van der Waals surface area contributed by atoms with Crippen molar-refractivity contribution in [3.05, 3.63) is 26.2 Å². The number of hydrogen-bond acceptors (Lipinski definition) is 6. The summed E-state index contributed by atoms with van der Waals surface area (Å²) in [6.45, 7) is 4.86. The molecule has 3 radical (unpaired) electrons. The molecule has 0 unspecified atom stereocenters. The topological polar surface area (TPSA) is 100 Å². The summed E-state index contributed by atoms with van der Waals surface area (Å²) >= 11 is 3.35. The quantitative estimate of drug-likeness (QED) is 0.652. The Hall–Kier alpha value is -1.78. The molecule has 0 spiro atoms. The van der Waals surface area contributed by atoms with Gasteiger partial charge in [-0.15, -0.1) is 0 Å². The number of anilines is 1. The van der Waals surface area contributed by atoms with Gasteiger partial charge in [-0.25, -0.2) is 9.97 Å². The summed E-state index contributed by atoms with van der Waals surface area (Å²) < 4.78 is 2.13. The number of aryl methyl sites for hydroxylation is 1. The summed E-state index contributed by atoms with van der Waals surface area (Å²) in [5, 5.41) is 12.8. The largest absolute Gasteiger partial charge is 0.480 e. The number of pyridine rings is 1. The maximum Gasteiger partial charge on any atom is 0.323 e. The first-order chi connectivity index (χ1) is 13.3. The fourth-order valence-corrected chi connectivity index (χ4v) is 5.14. The average Bonchev–Trinajstić information content (AvgIpc) is 2.62. The molecule has 10 heteroatoms. The van der Waals surface area contributed by atoms with Crippen molar-refractivity contribution in [1.82, 2.24) is 19.9 Å². The molecule has 0 amide bonds. The molecule has 1 saturated carbocycles. The normalized spacial score (nSPS) is 24.1. The highest BCUT2D eigenvalue weighted by Crippen LogP contribution is 2.39. The third-order valence-electron chi connectivity index (χ3n) is 5.74. The van der Waals surface area contributed by atoms with Crippen LogP contribution in [-0.4, -0.2) is 60.1 Å². The van der Waals surface area contributed by atoms with Crippen LogP contribution in [0.3, 0.4) is 0 Å². The second-order valence-corrected chi connectivity index (χ2v) is 9.02. The summed E-state index contributed by atoms with van der Waals surface area (Å²) in [5.74, 6) is -0.980. The van der Waals surface area contributed by atoms with Gasteiger partial charge in [-0.05, 0) is 42.1 Å². The highest BCUT2D eigenvalue weighted by Gasteiger charge is 2.49. The third-order valence-corrected chi connectivity index (χ3v) is 7.26. The number of nitrogens with zero attached hydrogens (tertiary/aromatic N) is 4. The SMILES string of the molecule is CCc1c(N2CCN[C@@]3([Si])CC[C@H]23)c(=O)c2nc(Br)c(C)nc2n1CC(=O)O. The number of nitrogens with one attached hydrogen (secondary N) is 1. The number of rotatable bonds is 4. The van der Waals surface area contributed by atoms with Crippen molar-refractivity contribution in [3.8, 4) is 0 Å². The minimum Gasteiger partial charge on any atom is -0.480 e. The highest BCUT2D eigenvalue weighted by molar-refractivity contribution is 9.10. The minimum atomic E-state index is -0.980. The summed E-state index contributed by atoms with van der Waals surface area (Å²) in [4.78, 5) is 36.2. The van der Waals surface area contributed by atoms with Crippen LogP contribution in [0.15, 0.2) is 9.40 Å². The Bertz CT molecular complexity index is 1040. The zero-order chi connectivity index (χ0) is 20.2. The van der Waals surface area contributed by atoms with Crippen LogP contribution in [0.25, 0.3) is 11.2 Å². The third kappa shape index (κ3) is 2.89.